The number of hydrogen-bond acceptors (Lipinski definition) is 5. The molecule has 9 heteroatoms. The first kappa shape index (κ1) is 22.8. The predicted octanol–water partition coefficient (Wildman–Crippen LogP) is 3.87. The number of halogens is 1. The monoisotopic (exact) mass is 498 g/mol. The van der Waals surface area contributed by atoms with E-state index in [2.05, 4.69) is 11.0 Å². The first-order chi connectivity index (χ1) is 16.8. The Labute approximate surface area is 206 Å². The van der Waals surface area contributed by atoms with Gasteiger partial charge in [0.15, 0.2) is 0 Å². The summed E-state index contributed by atoms with van der Waals surface area (Å²) in [5.74, 6) is 1.34. The molecule has 2 aromatic rings. The Bertz CT molecular complexity index is 1270. The summed E-state index contributed by atoms with van der Waals surface area (Å²) in [6.45, 7) is 4.11. The lowest BCUT2D eigenvalue weighted by molar-refractivity contribution is 0.0742. The average Bonchev–Trinajstić information content (AvgIpc) is 3.76. The third-order valence-corrected chi connectivity index (χ3v) is 9.70. The fourth-order valence-corrected chi connectivity index (χ4v) is 7.35. The van der Waals surface area contributed by atoms with Crippen molar-refractivity contribution in [3.63, 3.8) is 0 Å². The van der Waals surface area contributed by atoms with Gasteiger partial charge in [0.05, 0.1) is 17.0 Å². The van der Waals surface area contributed by atoms with Crippen molar-refractivity contribution in [1.29, 1.82) is 0 Å². The third kappa shape index (κ3) is 4.28. The van der Waals surface area contributed by atoms with Gasteiger partial charge in [-0.25, -0.2) is 17.8 Å². The van der Waals surface area contributed by atoms with Crippen molar-refractivity contribution in [2.24, 2.45) is 0 Å². The number of amides is 1. The Balaban J connectivity index is 1.15. The number of sulfonamides is 1. The molecular formula is C26H31FN4O3S. The van der Waals surface area contributed by atoms with Gasteiger partial charge in [-0.15, -0.1) is 0 Å². The Hall–Kier alpha value is -2.68. The number of carbonyl (C=O) groups excluding carboxylic acids is 1. The van der Waals surface area contributed by atoms with E-state index in [0.717, 1.165) is 5.82 Å². The minimum absolute atomic E-state index is 0.0166. The second-order valence-electron chi connectivity index (χ2n) is 10.4. The molecule has 2 aliphatic heterocycles. The van der Waals surface area contributed by atoms with Crippen LogP contribution in [0.15, 0.2) is 30.5 Å². The molecule has 1 aromatic heterocycles. The molecule has 0 spiro atoms. The summed E-state index contributed by atoms with van der Waals surface area (Å²) < 4.78 is 40.9. The number of pyridine rings is 1. The number of anilines is 2. The summed E-state index contributed by atoms with van der Waals surface area (Å²) in [5.41, 5.74) is 2.97. The van der Waals surface area contributed by atoms with Gasteiger partial charge >= 0.3 is 0 Å². The molecular weight excluding hydrogens is 467 g/mol. The Morgan fingerprint density at radius 2 is 1.71 bits per heavy atom. The maximum atomic E-state index is 15.0. The molecule has 2 saturated carbocycles. The van der Waals surface area contributed by atoms with Gasteiger partial charge < -0.3 is 9.80 Å². The van der Waals surface area contributed by atoms with Gasteiger partial charge in [0.2, 0.25) is 10.0 Å². The molecule has 1 amide bonds. The molecule has 6 rings (SSSR count). The average molecular weight is 499 g/mol. The van der Waals surface area contributed by atoms with Gasteiger partial charge in [-0.2, -0.15) is 0 Å². The van der Waals surface area contributed by atoms with Crippen LogP contribution in [0.5, 0.6) is 0 Å². The van der Waals surface area contributed by atoms with E-state index in [1.807, 2.05) is 13.1 Å². The molecule has 4 fully saturated rings. The molecule has 7 nitrogen and oxygen atoms in total. The molecule has 0 bridgehead atoms. The number of carbonyl (C=O) groups is 1. The summed E-state index contributed by atoms with van der Waals surface area (Å²) in [4.78, 5) is 21.9. The molecule has 186 valence electrons. The first-order valence-electron chi connectivity index (χ1n) is 12.7. The van der Waals surface area contributed by atoms with Gasteiger partial charge in [0.25, 0.3) is 5.91 Å². The van der Waals surface area contributed by atoms with E-state index in [9.17, 15) is 17.6 Å². The van der Waals surface area contributed by atoms with E-state index in [-0.39, 0.29) is 29.0 Å². The number of hydrogen-bond donors (Lipinski definition) is 0. The van der Waals surface area contributed by atoms with Crippen LogP contribution < -0.4 is 9.21 Å². The Morgan fingerprint density at radius 3 is 2.31 bits per heavy atom. The van der Waals surface area contributed by atoms with Gasteiger partial charge in [0.1, 0.15) is 11.6 Å². The number of piperazine rings is 1. The minimum Gasteiger partial charge on any atom is -0.353 e. The van der Waals surface area contributed by atoms with Crippen LogP contribution in [0.4, 0.5) is 15.9 Å². The van der Waals surface area contributed by atoms with Crippen LogP contribution in [0.2, 0.25) is 0 Å². The highest BCUT2D eigenvalue weighted by Crippen LogP contribution is 2.47. The molecule has 0 radical (unpaired) electrons. The van der Waals surface area contributed by atoms with Crippen molar-refractivity contribution in [3.8, 4) is 0 Å². The van der Waals surface area contributed by atoms with Crippen LogP contribution in [0.3, 0.4) is 0 Å². The van der Waals surface area contributed by atoms with Crippen molar-refractivity contribution < 1.29 is 17.6 Å². The van der Waals surface area contributed by atoms with Crippen LogP contribution >= 0.6 is 0 Å². The van der Waals surface area contributed by atoms with Gasteiger partial charge in [0, 0.05) is 38.4 Å². The van der Waals surface area contributed by atoms with Crippen molar-refractivity contribution >= 4 is 27.4 Å². The molecule has 35 heavy (non-hydrogen) atoms. The first-order valence-corrected chi connectivity index (χ1v) is 14.3. The molecule has 1 atom stereocenters. The van der Waals surface area contributed by atoms with Crippen LogP contribution in [0, 0.1) is 5.82 Å². The highest BCUT2D eigenvalue weighted by atomic mass is 32.2. The van der Waals surface area contributed by atoms with Gasteiger partial charge in [-0.1, -0.05) is 6.07 Å². The van der Waals surface area contributed by atoms with Crippen molar-refractivity contribution in [2.45, 2.75) is 56.9 Å². The fourth-order valence-electron chi connectivity index (χ4n) is 5.42. The SMILES string of the molecule is C[C@@H]1CCS(=O)(=O)N1c1ccc(C(=O)N2CCN(c3ncc(C4CC4)cc3C3CC3)CC2)c(F)c1. The number of nitrogens with zero attached hydrogens (tertiary/aromatic N) is 4. The van der Waals surface area contributed by atoms with E-state index in [1.54, 1.807) is 11.0 Å². The molecule has 0 N–H and O–H groups in total. The Morgan fingerprint density at radius 1 is 1.00 bits per heavy atom. The third-order valence-electron chi connectivity index (χ3n) is 7.78. The smallest absolute Gasteiger partial charge is 0.256 e. The van der Waals surface area contributed by atoms with Crippen LogP contribution in [0.1, 0.15) is 72.3 Å². The topological polar surface area (TPSA) is 73.8 Å². The van der Waals surface area contributed by atoms with E-state index in [4.69, 9.17) is 4.98 Å². The summed E-state index contributed by atoms with van der Waals surface area (Å²) >= 11 is 0. The standard InChI is InChI=1S/C26H31FN4O3S/c1-17-8-13-35(33,34)31(17)21-6-7-22(24(27)15-21)26(32)30-11-9-29(10-12-30)25-23(19-4-5-19)14-20(16-28-25)18-2-3-18/h6-7,14-19H,2-5,8-13H2,1H3/t17-/m1/s1. The zero-order chi connectivity index (χ0) is 24.3. The number of rotatable bonds is 5. The molecule has 3 heterocycles. The highest BCUT2D eigenvalue weighted by Gasteiger charge is 2.36. The zero-order valence-corrected chi connectivity index (χ0v) is 20.8. The van der Waals surface area contributed by atoms with E-state index in [0.29, 0.717) is 44.4 Å². The quantitative estimate of drug-likeness (QED) is 0.626. The van der Waals surface area contributed by atoms with E-state index >= 15 is 0 Å². The normalized spacial score (nSPS) is 24.2. The van der Waals surface area contributed by atoms with Crippen molar-refractivity contribution in [1.82, 2.24) is 9.88 Å². The zero-order valence-electron chi connectivity index (χ0n) is 20.0. The van der Waals surface area contributed by atoms with E-state index < -0.39 is 15.8 Å². The van der Waals surface area contributed by atoms with E-state index in [1.165, 1.54) is 53.2 Å². The molecule has 4 aliphatic rings. The fraction of sp³-hybridized carbons (Fsp3) is 0.538. The second-order valence-corrected chi connectivity index (χ2v) is 12.4. The summed E-state index contributed by atoms with van der Waals surface area (Å²) in [6, 6.07) is 6.27. The largest absolute Gasteiger partial charge is 0.353 e. The van der Waals surface area contributed by atoms with Crippen molar-refractivity contribution in [3.05, 3.63) is 53.0 Å². The Kier molecular flexibility index (Phi) is 5.51. The summed E-state index contributed by atoms with van der Waals surface area (Å²) in [7, 11) is -3.44. The lowest BCUT2D eigenvalue weighted by Crippen LogP contribution is -2.49. The van der Waals surface area contributed by atoms with Crippen LogP contribution in [-0.2, 0) is 10.0 Å². The lowest BCUT2D eigenvalue weighted by atomic mass is 10.1. The molecule has 2 aliphatic carbocycles. The highest BCUT2D eigenvalue weighted by molar-refractivity contribution is 7.93. The molecule has 2 saturated heterocycles. The van der Waals surface area contributed by atoms with Crippen molar-refractivity contribution in [2.75, 3.05) is 41.1 Å². The van der Waals surface area contributed by atoms with Crippen LogP contribution in [-0.4, -0.2) is 62.2 Å². The molecule has 1 aromatic carbocycles. The number of benzene rings is 1. The minimum atomic E-state index is -3.44. The second kappa shape index (κ2) is 8.47. The van der Waals surface area contributed by atoms with Gasteiger partial charge in [-0.3, -0.25) is 9.10 Å². The lowest BCUT2D eigenvalue weighted by Gasteiger charge is -2.36. The predicted molar refractivity (Wildman–Crippen MR) is 133 cm³/mol. The van der Waals surface area contributed by atoms with Gasteiger partial charge in [-0.05, 0) is 80.2 Å². The molecule has 0 unspecified atom stereocenters. The maximum Gasteiger partial charge on any atom is 0.256 e. The summed E-state index contributed by atoms with van der Waals surface area (Å²) in [6.07, 6.45) is 7.49. The maximum absolute atomic E-state index is 15.0. The summed E-state index contributed by atoms with van der Waals surface area (Å²) in [5, 5.41) is 0. The number of aromatic nitrogens is 1. The van der Waals surface area contributed by atoms with Crippen LogP contribution in [0.25, 0.3) is 0 Å².